The van der Waals surface area contributed by atoms with Crippen LogP contribution in [0.15, 0.2) is 83.7 Å². The third kappa shape index (κ3) is 10.9. The quantitative estimate of drug-likeness (QED) is 0.0970. The summed E-state index contributed by atoms with van der Waals surface area (Å²) in [7, 11) is 1.41. The van der Waals surface area contributed by atoms with Crippen LogP contribution in [0.1, 0.15) is 53.9 Å². The summed E-state index contributed by atoms with van der Waals surface area (Å²) < 4.78 is 12.0. The van der Waals surface area contributed by atoms with Crippen molar-refractivity contribution >= 4 is 17.7 Å². The maximum absolute atomic E-state index is 12.5. The third-order valence-corrected chi connectivity index (χ3v) is 7.52. The second-order valence-electron chi connectivity index (χ2n) is 11.5. The SMILES string of the molecule is CC(/C=C/C=C/C=C/C=C/C=C/C(O)=C1\C(=O)C(CCC(=O)O)N(C)C1=O)=C\C(C)C(O[C@H]1C[C@H](O)[C@H](O)[C@@H](C)O1)C(C)C. The summed E-state index contributed by atoms with van der Waals surface area (Å²) in [6.07, 6.45) is 16.4. The van der Waals surface area contributed by atoms with Gasteiger partial charge in [0, 0.05) is 25.8 Å². The fourth-order valence-corrected chi connectivity index (χ4v) is 5.15. The highest BCUT2D eigenvalue weighted by atomic mass is 16.7. The summed E-state index contributed by atoms with van der Waals surface area (Å²) in [5.74, 6) is -2.43. The number of carboxylic acid groups (broad SMARTS) is 1. The molecule has 0 bridgehead atoms. The molecule has 10 nitrogen and oxygen atoms in total. The number of aliphatic hydroxyl groups is 3. The van der Waals surface area contributed by atoms with Crippen LogP contribution in [0.2, 0.25) is 0 Å². The Morgan fingerprint density at radius 3 is 2.11 bits per heavy atom. The smallest absolute Gasteiger partial charge is 0.303 e. The number of ketones is 1. The number of carboxylic acids is 1. The van der Waals surface area contributed by atoms with Gasteiger partial charge < -0.3 is 34.8 Å². The van der Waals surface area contributed by atoms with Crippen molar-refractivity contribution in [2.75, 3.05) is 7.05 Å². The second-order valence-corrected chi connectivity index (χ2v) is 11.5. The molecular weight excluding hydrogens is 566 g/mol. The number of nitrogens with zero attached hydrogens (tertiary/aromatic N) is 1. The monoisotopic (exact) mass is 613 g/mol. The topological polar surface area (TPSA) is 154 Å². The molecule has 4 N–H and O–H groups in total. The van der Waals surface area contributed by atoms with E-state index in [1.807, 2.05) is 37.3 Å². The number of likely N-dealkylation sites (N-methyl/N-ethyl adjacent to an activating group) is 1. The molecule has 0 radical (unpaired) electrons. The fraction of sp³-hybridized carbons (Fsp3) is 0.500. The van der Waals surface area contributed by atoms with Gasteiger partial charge in [0.2, 0.25) is 0 Å². The predicted molar refractivity (Wildman–Crippen MR) is 167 cm³/mol. The molecular formula is C34H47NO9. The number of aliphatic hydroxyl groups excluding tert-OH is 3. The maximum Gasteiger partial charge on any atom is 0.303 e. The van der Waals surface area contributed by atoms with Gasteiger partial charge in [0.1, 0.15) is 17.4 Å². The minimum atomic E-state index is -1.06. The average Bonchev–Trinajstić information content (AvgIpc) is 3.16. The van der Waals surface area contributed by atoms with Crippen LogP contribution in [0.25, 0.3) is 0 Å². The molecule has 242 valence electrons. The number of carbonyl (C=O) groups is 3. The van der Waals surface area contributed by atoms with E-state index >= 15 is 0 Å². The molecule has 0 aromatic rings. The van der Waals surface area contributed by atoms with Gasteiger partial charge in [-0.1, -0.05) is 87.1 Å². The lowest BCUT2D eigenvalue weighted by Gasteiger charge is -2.38. The van der Waals surface area contributed by atoms with Gasteiger partial charge in [0.15, 0.2) is 12.1 Å². The number of allylic oxidation sites excluding steroid dienone is 11. The van der Waals surface area contributed by atoms with Gasteiger partial charge >= 0.3 is 5.97 Å². The molecule has 3 unspecified atom stereocenters. The van der Waals surface area contributed by atoms with E-state index in [-0.39, 0.29) is 42.8 Å². The van der Waals surface area contributed by atoms with E-state index in [0.29, 0.717) is 0 Å². The minimum absolute atomic E-state index is 0.0119. The van der Waals surface area contributed by atoms with E-state index in [2.05, 4.69) is 26.8 Å². The van der Waals surface area contributed by atoms with Gasteiger partial charge in [-0.15, -0.1) is 0 Å². The van der Waals surface area contributed by atoms with Crippen LogP contribution in [0.5, 0.6) is 0 Å². The number of Topliss-reactive ketones (excluding diaryl/α,β-unsaturated/α-hetero) is 1. The lowest BCUT2D eigenvalue weighted by Crippen LogP contribution is -2.49. The highest BCUT2D eigenvalue weighted by molar-refractivity contribution is 6.27. The maximum atomic E-state index is 12.5. The number of rotatable bonds is 14. The van der Waals surface area contributed by atoms with E-state index in [1.54, 1.807) is 25.2 Å². The Labute approximate surface area is 260 Å². The van der Waals surface area contributed by atoms with Crippen LogP contribution in [0.4, 0.5) is 0 Å². The number of hydrogen-bond donors (Lipinski definition) is 4. The van der Waals surface area contributed by atoms with Crippen LogP contribution in [0, 0.1) is 11.8 Å². The lowest BCUT2D eigenvalue weighted by atomic mass is 9.92. The molecule has 2 heterocycles. The Morgan fingerprint density at radius 1 is 1.00 bits per heavy atom. The molecule has 0 aromatic carbocycles. The first-order valence-corrected chi connectivity index (χ1v) is 14.9. The van der Waals surface area contributed by atoms with E-state index in [1.165, 1.54) is 19.2 Å². The zero-order chi connectivity index (χ0) is 33.0. The van der Waals surface area contributed by atoms with Crippen molar-refractivity contribution in [2.24, 2.45) is 11.8 Å². The summed E-state index contributed by atoms with van der Waals surface area (Å²) in [6.45, 7) is 9.97. The molecule has 44 heavy (non-hydrogen) atoms. The van der Waals surface area contributed by atoms with Gasteiger partial charge in [-0.2, -0.15) is 0 Å². The predicted octanol–water partition coefficient (Wildman–Crippen LogP) is 4.33. The average molecular weight is 614 g/mol. The summed E-state index contributed by atoms with van der Waals surface area (Å²) in [5, 5.41) is 39.1. The van der Waals surface area contributed by atoms with Crippen molar-refractivity contribution in [1.29, 1.82) is 0 Å². The Hall–Kier alpha value is -3.57. The Bertz CT molecular complexity index is 1210. The van der Waals surface area contributed by atoms with Gasteiger partial charge in [0.05, 0.1) is 24.4 Å². The van der Waals surface area contributed by atoms with E-state index in [0.717, 1.165) is 10.5 Å². The first-order valence-electron chi connectivity index (χ1n) is 14.9. The molecule has 1 amide bonds. The number of carbonyl (C=O) groups excluding carboxylic acids is 2. The van der Waals surface area contributed by atoms with Crippen molar-refractivity contribution in [3.05, 3.63) is 83.7 Å². The molecule has 2 rings (SSSR count). The zero-order valence-electron chi connectivity index (χ0n) is 26.4. The molecule has 0 aromatic heterocycles. The van der Waals surface area contributed by atoms with E-state index < -0.39 is 54.1 Å². The summed E-state index contributed by atoms with van der Waals surface area (Å²) in [6, 6.07) is -0.894. The van der Waals surface area contributed by atoms with Crippen LogP contribution >= 0.6 is 0 Å². The Balaban J connectivity index is 1.87. The molecule has 7 atom stereocenters. The highest BCUT2D eigenvalue weighted by Crippen LogP contribution is 2.28. The van der Waals surface area contributed by atoms with Crippen LogP contribution in [0.3, 0.4) is 0 Å². The van der Waals surface area contributed by atoms with Gasteiger partial charge in [-0.05, 0) is 32.3 Å². The molecule has 0 saturated carbocycles. The van der Waals surface area contributed by atoms with Crippen molar-refractivity contribution in [1.82, 2.24) is 4.90 Å². The normalized spacial score (nSPS) is 28.2. The lowest BCUT2D eigenvalue weighted by molar-refractivity contribution is -0.267. The van der Waals surface area contributed by atoms with E-state index in [4.69, 9.17) is 14.6 Å². The number of aliphatic carboxylic acids is 1. The van der Waals surface area contributed by atoms with Gasteiger partial charge in [-0.25, -0.2) is 0 Å². The largest absolute Gasteiger partial charge is 0.507 e. The summed E-state index contributed by atoms with van der Waals surface area (Å²) >= 11 is 0. The van der Waals surface area contributed by atoms with Crippen LogP contribution in [-0.2, 0) is 23.9 Å². The van der Waals surface area contributed by atoms with Crippen LogP contribution in [-0.4, -0.2) is 86.8 Å². The molecule has 0 aliphatic carbocycles. The number of hydrogen-bond acceptors (Lipinski definition) is 8. The van der Waals surface area contributed by atoms with Gasteiger partial charge in [0.25, 0.3) is 5.91 Å². The van der Waals surface area contributed by atoms with Crippen molar-refractivity contribution < 1.29 is 44.3 Å². The van der Waals surface area contributed by atoms with Crippen molar-refractivity contribution in [3.63, 3.8) is 0 Å². The zero-order valence-corrected chi connectivity index (χ0v) is 26.4. The number of likely N-dealkylation sites (tertiary alicyclic amines) is 1. The molecule has 10 heteroatoms. The minimum Gasteiger partial charge on any atom is -0.507 e. The molecule has 2 fully saturated rings. The summed E-state index contributed by atoms with van der Waals surface area (Å²) in [4.78, 5) is 36.9. The first kappa shape index (κ1) is 36.6. The fourth-order valence-electron chi connectivity index (χ4n) is 5.15. The molecule has 2 saturated heterocycles. The molecule has 2 aliphatic heterocycles. The van der Waals surface area contributed by atoms with Crippen molar-refractivity contribution in [2.45, 2.75) is 90.6 Å². The van der Waals surface area contributed by atoms with Crippen molar-refractivity contribution in [3.8, 4) is 0 Å². The first-order chi connectivity index (χ1) is 20.7. The third-order valence-electron chi connectivity index (χ3n) is 7.52. The number of ether oxygens (including phenoxy) is 2. The Morgan fingerprint density at radius 2 is 1.57 bits per heavy atom. The summed E-state index contributed by atoms with van der Waals surface area (Å²) in [5.41, 5.74) is 0.726. The molecule has 2 aliphatic rings. The molecule has 0 spiro atoms. The number of amides is 1. The Kier molecular flexibility index (Phi) is 14.7. The second kappa shape index (κ2) is 17.7. The van der Waals surface area contributed by atoms with Gasteiger partial charge in [-0.3, -0.25) is 14.4 Å². The van der Waals surface area contributed by atoms with Crippen LogP contribution < -0.4 is 0 Å². The van der Waals surface area contributed by atoms with E-state index in [9.17, 15) is 29.7 Å². The standard InChI is InChI=1S/C34H47NO9/c1-21(2)33(44-29-20-27(37)31(40)24(5)43-29)23(4)19-22(3)15-13-11-9-7-8-10-12-14-16-26(36)30-32(41)25(17-18-28(38)39)35(6)34(30)42/h7-16,19,21,23-25,27,29,31,33,36-37,40H,17-18,20H2,1-6H3,(H,38,39)/b8-7+,11-9+,12-10+,15-13+,16-14+,22-19+,30-26-/t23?,24-,25?,27+,29+,31-,33?/m1/s1. The highest BCUT2D eigenvalue weighted by Gasteiger charge is 2.42.